The highest BCUT2D eigenvalue weighted by Crippen LogP contribution is 2.38. The molecule has 1 unspecified atom stereocenters. The molecule has 0 aliphatic carbocycles. The maximum absolute atomic E-state index is 12.5. The average molecular weight is 373 g/mol. The normalized spacial score (nSPS) is 16.3. The zero-order chi connectivity index (χ0) is 17.5. The second-order valence-corrected chi connectivity index (χ2v) is 5.97. The van der Waals surface area contributed by atoms with Crippen LogP contribution >= 0.6 is 12.4 Å². The van der Waals surface area contributed by atoms with E-state index in [1.54, 1.807) is 21.3 Å². The molecule has 1 aliphatic rings. The summed E-state index contributed by atoms with van der Waals surface area (Å²) in [6, 6.07) is 4.13. The second-order valence-electron chi connectivity index (χ2n) is 5.97. The molecule has 1 saturated heterocycles. The van der Waals surface area contributed by atoms with Crippen molar-refractivity contribution in [2.24, 2.45) is 0 Å². The van der Waals surface area contributed by atoms with Crippen LogP contribution in [-0.2, 0) is 11.2 Å². The van der Waals surface area contributed by atoms with Crippen LogP contribution in [0.1, 0.15) is 24.8 Å². The number of rotatable bonds is 8. The van der Waals surface area contributed by atoms with Gasteiger partial charge in [-0.05, 0) is 44.0 Å². The molecular formula is C18H29ClN2O4. The Balaban J connectivity index is 0.00000312. The quantitative estimate of drug-likeness (QED) is 0.758. The molecule has 0 saturated carbocycles. The fraction of sp³-hybridized carbons (Fsp3) is 0.611. The van der Waals surface area contributed by atoms with Gasteiger partial charge in [0.05, 0.1) is 21.3 Å². The van der Waals surface area contributed by atoms with Gasteiger partial charge in [0.25, 0.3) is 0 Å². The van der Waals surface area contributed by atoms with Gasteiger partial charge in [0.2, 0.25) is 11.7 Å². The van der Waals surface area contributed by atoms with Gasteiger partial charge in [-0.15, -0.1) is 12.4 Å². The number of likely N-dealkylation sites (tertiary alicyclic amines) is 1. The Kier molecular flexibility index (Phi) is 8.86. The number of carbonyl (C=O) groups is 1. The maximum atomic E-state index is 12.5. The van der Waals surface area contributed by atoms with Crippen LogP contribution in [0, 0.1) is 0 Å². The number of nitrogens with zero attached hydrogens (tertiary/aromatic N) is 1. The fourth-order valence-electron chi connectivity index (χ4n) is 3.29. The van der Waals surface area contributed by atoms with E-state index >= 15 is 0 Å². The largest absolute Gasteiger partial charge is 0.493 e. The zero-order valence-electron chi connectivity index (χ0n) is 15.5. The lowest BCUT2D eigenvalue weighted by molar-refractivity contribution is -0.131. The van der Waals surface area contributed by atoms with Crippen molar-refractivity contribution in [1.29, 1.82) is 0 Å². The number of likely N-dealkylation sites (N-methyl/N-ethyl adjacent to an activating group) is 1. The minimum Gasteiger partial charge on any atom is -0.493 e. The Morgan fingerprint density at radius 2 is 1.84 bits per heavy atom. The van der Waals surface area contributed by atoms with Crippen LogP contribution in [0.15, 0.2) is 12.1 Å². The molecule has 25 heavy (non-hydrogen) atoms. The molecule has 1 heterocycles. The number of benzene rings is 1. The van der Waals surface area contributed by atoms with E-state index in [2.05, 4.69) is 5.32 Å². The molecule has 2 rings (SSSR count). The Bertz CT molecular complexity index is 543. The first-order valence-electron chi connectivity index (χ1n) is 8.37. The first-order chi connectivity index (χ1) is 11.6. The summed E-state index contributed by atoms with van der Waals surface area (Å²) in [5.41, 5.74) is 1.00. The molecule has 0 radical (unpaired) electrons. The molecular weight excluding hydrogens is 344 g/mol. The summed E-state index contributed by atoms with van der Waals surface area (Å²) in [5, 5.41) is 3.17. The van der Waals surface area contributed by atoms with Crippen molar-refractivity contribution in [3.63, 3.8) is 0 Å². The molecule has 6 nitrogen and oxygen atoms in total. The molecule has 142 valence electrons. The van der Waals surface area contributed by atoms with Crippen molar-refractivity contribution < 1.29 is 19.0 Å². The van der Waals surface area contributed by atoms with Crippen molar-refractivity contribution in [3.05, 3.63) is 17.7 Å². The molecule has 1 aromatic carbocycles. The summed E-state index contributed by atoms with van der Waals surface area (Å²) in [6.45, 7) is 1.72. The summed E-state index contributed by atoms with van der Waals surface area (Å²) in [6.07, 6.45) is 3.30. The van der Waals surface area contributed by atoms with E-state index in [4.69, 9.17) is 14.2 Å². The fourth-order valence-corrected chi connectivity index (χ4v) is 3.29. The lowest BCUT2D eigenvalue weighted by atomic mass is 10.1. The maximum Gasteiger partial charge on any atom is 0.223 e. The first-order valence-corrected chi connectivity index (χ1v) is 8.37. The molecule has 1 aliphatic heterocycles. The van der Waals surface area contributed by atoms with Crippen molar-refractivity contribution in [2.45, 2.75) is 31.7 Å². The third-order valence-corrected chi connectivity index (χ3v) is 4.49. The summed E-state index contributed by atoms with van der Waals surface area (Å²) >= 11 is 0. The van der Waals surface area contributed by atoms with E-state index in [1.165, 1.54) is 0 Å². The van der Waals surface area contributed by atoms with Crippen molar-refractivity contribution in [3.8, 4) is 17.2 Å². The third-order valence-electron chi connectivity index (χ3n) is 4.49. The molecule has 1 aromatic rings. The molecule has 0 spiro atoms. The van der Waals surface area contributed by atoms with Crippen molar-refractivity contribution >= 4 is 18.3 Å². The van der Waals surface area contributed by atoms with Crippen LogP contribution in [0.4, 0.5) is 0 Å². The third kappa shape index (κ3) is 5.16. The lowest BCUT2D eigenvalue weighted by Gasteiger charge is -2.24. The van der Waals surface area contributed by atoms with Gasteiger partial charge in [0.1, 0.15) is 0 Å². The highest BCUT2D eigenvalue weighted by Gasteiger charge is 2.27. The van der Waals surface area contributed by atoms with E-state index in [-0.39, 0.29) is 18.3 Å². The van der Waals surface area contributed by atoms with E-state index in [1.807, 2.05) is 24.1 Å². The number of nitrogens with one attached hydrogen (secondary N) is 1. The number of amides is 1. The number of halogens is 1. The van der Waals surface area contributed by atoms with Crippen molar-refractivity contribution in [1.82, 2.24) is 10.2 Å². The van der Waals surface area contributed by atoms with E-state index in [0.717, 1.165) is 31.5 Å². The lowest BCUT2D eigenvalue weighted by Crippen LogP contribution is -2.40. The van der Waals surface area contributed by atoms with Gasteiger partial charge in [-0.25, -0.2) is 0 Å². The summed E-state index contributed by atoms with van der Waals surface area (Å²) in [5.74, 6) is 2.02. The topological polar surface area (TPSA) is 60.0 Å². The summed E-state index contributed by atoms with van der Waals surface area (Å²) < 4.78 is 16.1. The molecule has 1 atom stereocenters. The highest BCUT2D eigenvalue weighted by molar-refractivity contribution is 5.85. The summed E-state index contributed by atoms with van der Waals surface area (Å²) in [7, 11) is 6.70. The zero-order valence-corrected chi connectivity index (χ0v) is 16.3. The minimum atomic E-state index is 0. The number of carbonyl (C=O) groups excluding carboxylic acids is 1. The molecule has 0 bridgehead atoms. The number of hydrogen-bond acceptors (Lipinski definition) is 5. The molecule has 0 aromatic heterocycles. The molecule has 1 N–H and O–H groups in total. The van der Waals surface area contributed by atoms with Gasteiger partial charge < -0.3 is 24.4 Å². The van der Waals surface area contributed by atoms with Gasteiger partial charge >= 0.3 is 0 Å². The number of ether oxygens (including phenoxy) is 3. The first kappa shape index (κ1) is 21.4. The van der Waals surface area contributed by atoms with Crippen LogP contribution < -0.4 is 19.5 Å². The number of aryl methyl sites for hydroxylation is 1. The Morgan fingerprint density at radius 3 is 2.36 bits per heavy atom. The van der Waals surface area contributed by atoms with Crippen LogP contribution in [0.5, 0.6) is 17.2 Å². The predicted molar refractivity (Wildman–Crippen MR) is 100 cm³/mol. The van der Waals surface area contributed by atoms with E-state index in [0.29, 0.717) is 36.1 Å². The van der Waals surface area contributed by atoms with Crippen LogP contribution in [0.25, 0.3) is 0 Å². The van der Waals surface area contributed by atoms with Crippen molar-refractivity contribution in [2.75, 3.05) is 41.5 Å². The SMILES string of the molecule is CNCC1CCCN1C(=O)CCc1cc(OC)c(OC)c(OC)c1.Cl. The standard InChI is InChI=1S/C18H28N2O4.ClH/c1-19-12-14-6-5-9-20(14)17(21)8-7-13-10-15(22-2)18(24-4)16(11-13)23-3;/h10-11,14,19H,5-9,12H2,1-4H3;1H. The van der Waals surface area contributed by atoms with Gasteiger partial charge in [-0.3, -0.25) is 4.79 Å². The molecule has 1 fully saturated rings. The highest BCUT2D eigenvalue weighted by atomic mass is 35.5. The van der Waals surface area contributed by atoms with E-state index < -0.39 is 0 Å². The monoisotopic (exact) mass is 372 g/mol. The summed E-state index contributed by atoms with van der Waals surface area (Å²) in [4.78, 5) is 14.6. The second kappa shape index (κ2) is 10.4. The smallest absolute Gasteiger partial charge is 0.223 e. The van der Waals surface area contributed by atoms with Gasteiger partial charge in [0, 0.05) is 25.6 Å². The van der Waals surface area contributed by atoms with Crippen LogP contribution in [0.3, 0.4) is 0 Å². The van der Waals surface area contributed by atoms with Gasteiger partial charge in [-0.2, -0.15) is 0 Å². The Hall–Kier alpha value is -1.66. The number of methoxy groups -OCH3 is 3. The Labute approximate surface area is 156 Å². The van der Waals surface area contributed by atoms with Crippen LogP contribution in [-0.4, -0.2) is 58.3 Å². The predicted octanol–water partition coefficient (Wildman–Crippen LogP) is 2.28. The van der Waals surface area contributed by atoms with Crippen LogP contribution in [0.2, 0.25) is 0 Å². The van der Waals surface area contributed by atoms with Gasteiger partial charge in [0.15, 0.2) is 11.5 Å². The van der Waals surface area contributed by atoms with Gasteiger partial charge in [-0.1, -0.05) is 0 Å². The Morgan fingerprint density at radius 1 is 1.20 bits per heavy atom. The minimum absolute atomic E-state index is 0. The average Bonchev–Trinajstić information content (AvgIpc) is 3.07. The number of hydrogen-bond donors (Lipinski definition) is 1. The molecule has 1 amide bonds. The molecule has 7 heteroatoms. The van der Waals surface area contributed by atoms with E-state index in [9.17, 15) is 4.79 Å².